The Morgan fingerprint density at radius 2 is 2.32 bits per heavy atom. The molecule has 0 bridgehead atoms. The van der Waals surface area contributed by atoms with Crippen LogP contribution in [0.5, 0.6) is 0 Å². The maximum atomic E-state index is 5.92. The van der Waals surface area contributed by atoms with Crippen molar-refractivity contribution < 1.29 is 4.74 Å². The monoisotopic (exact) mass is 318 g/mol. The molecule has 0 spiro atoms. The summed E-state index contributed by atoms with van der Waals surface area (Å²) in [6, 6.07) is 0.234. The number of nitrogens with zero attached hydrogens (tertiary/aromatic N) is 3. The lowest BCUT2D eigenvalue weighted by atomic mass is 10.1. The highest BCUT2D eigenvalue weighted by atomic mass is 32.1. The summed E-state index contributed by atoms with van der Waals surface area (Å²) in [5.74, 6) is 0.980. The Hall–Kier alpha value is -1.24. The minimum absolute atomic E-state index is 0.204. The lowest BCUT2D eigenvalue weighted by Crippen LogP contribution is -2.47. The van der Waals surface area contributed by atoms with Crippen LogP contribution in [0.2, 0.25) is 0 Å². The first-order valence-corrected chi connectivity index (χ1v) is 8.86. The molecule has 22 heavy (non-hydrogen) atoms. The van der Waals surface area contributed by atoms with Crippen LogP contribution in [0.25, 0.3) is 10.2 Å². The van der Waals surface area contributed by atoms with Gasteiger partial charge in [0, 0.05) is 18.0 Å². The van der Waals surface area contributed by atoms with Gasteiger partial charge in [-0.25, -0.2) is 9.97 Å². The summed E-state index contributed by atoms with van der Waals surface area (Å²) in [4.78, 5) is 13.9. The molecule has 0 radical (unpaired) electrons. The summed E-state index contributed by atoms with van der Waals surface area (Å²) in [6.07, 6.45) is 5.50. The van der Waals surface area contributed by atoms with E-state index < -0.39 is 0 Å². The van der Waals surface area contributed by atoms with E-state index in [1.807, 2.05) is 11.3 Å². The standard InChI is InChI=1S/C16H22N4OS/c1-10(12-8-20(2)6-7-21-12)19-15-14-11-4-3-5-13(11)22-16(14)18-9-17-15/h9-10,12H,3-8H2,1-2H3,(H,17,18,19). The Morgan fingerprint density at radius 1 is 1.41 bits per heavy atom. The Kier molecular flexibility index (Phi) is 3.76. The smallest absolute Gasteiger partial charge is 0.138 e. The molecule has 6 heteroatoms. The largest absolute Gasteiger partial charge is 0.373 e. The van der Waals surface area contributed by atoms with Crippen molar-refractivity contribution in [2.24, 2.45) is 0 Å². The highest BCUT2D eigenvalue weighted by Crippen LogP contribution is 2.39. The molecule has 1 aliphatic carbocycles. The van der Waals surface area contributed by atoms with E-state index in [1.54, 1.807) is 6.33 Å². The fraction of sp³-hybridized carbons (Fsp3) is 0.625. The third kappa shape index (κ3) is 2.49. The number of hydrogen-bond donors (Lipinski definition) is 1. The van der Waals surface area contributed by atoms with Crippen LogP contribution in [-0.2, 0) is 17.6 Å². The minimum Gasteiger partial charge on any atom is -0.373 e. The Bertz CT molecular complexity index is 686. The van der Waals surface area contributed by atoms with Crippen molar-refractivity contribution in [3.8, 4) is 0 Å². The van der Waals surface area contributed by atoms with E-state index in [1.165, 1.54) is 28.7 Å². The van der Waals surface area contributed by atoms with Crippen LogP contribution in [0.3, 0.4) is 0 Å². The van der Waals surface area contributed by atoms with Crippen molar-refractivity contribution >= 4 is 27.4 Å². The fourth-order valence-electron chi connectivity index (χ4n) is 3.46. The molecule has 4 rings (SSSR count). The SMILES string of the molecule is CC(Nc1ncnc2sc3c(c12)CCC3)C1CN(C)CCO1. The van der Waals surface area contributed by atoms with E-state index in [2.05, 4.69) is 34.2 Å². The summed E-state index contributed by atoms with van der Waals surface area (Å²) in [7, 11) is 2.15. The normalized spacial score (nSPS) is 23.6. The van der Waals surface area contributed by atoms with Gasteiger partial charge in [-0.05, 0) is 38.8 Å². The van der Waals surface area contributed by atoms with Gasteiger partial charge in [0.15, 0.2) is 0 Å². The predicted octanol–water partition coefficient (Wildman–Crippen LogP) is 2.31. The van der Waals surface area contributed by atoms with Gasteiger partial charge in [-0.3, -0.25) is 0 Å². The number of fused-ring (bicyclic) bond motifs is 3. The molecule has 1 N–H and O–H groups in total. The number of aryl methyl sites for hydroxylation is 2. The molecular formula is C16H22N4OS. The molecule has 2 unspecified atom stereocenters. The molecule has 2 aromatic rings. The van der Waals surface area contributed by atoms with Crippen LogP contribution < -0.4 is 5.32 Å². The highest BCUT2D eigenvalue weighted by Gasteiger charge is 2.26. The molecule has 3 heterocycles. The number of ether oxygens (including phenoxy) is 1. The van der Waals surface area contributed by atoms with Gasteiger partial charge in [0.1, 0.15) is 17.0 Å². The molecule has 0 aromatic carbocycles. The molecule has 2 atom stereocenters. The molecule has 1 saturated heterocycles. The van der Waals surface area contributed by atoms with Crippen molar-refractivity contribution in [2.45, 2.75) is 38.3 Å². The van der Waals surface area contributed by atoms with Gasteiger partial charge in [-0.1, -0.05) is 0 Å². The van der Waals surface area contributed by atoms with Gasteiger partial charge >= 0.3 is 0 Å². The van der Waals surface area contributed by atoms with Gasteiger partial charge in [0.05, 0.1) is 24.1 Å². The van der Waals surface area contributed by atoms with Crippen molar-refractivity contribution in [3.63, 3.8) is 0 Å². The van der Waals surface area contributed by atoms with Gasteiger partial charge in [0.25, 0.3) is 0 Å². The molecular weight excluding hydrogens is 296 g/mol. The Labute approximate surface area is 134 Å². The van der Waals surface area contributed by atoms with E-state index in [-0.39, 0.29) is 12.1 Å². The molecule has 0 saturated carbocycles. The van der Waals surface area contributed by atoms with Crippen molar-refractivity contribution in [2.75, 3.05) is 32.1 Å². The van der Waals surface area contributed by atoms with E-state index >= 15 is 0 Å². The van der Waals surface area contributed by atoms with Crippen molar-refractivity contribution in [1.29, 1.82) is 0 Å². The third-order valence-corrected chi connectivity index (χ3v) is 5.92. The minimum atomic E-state index is 0.204. The Balaban J connectivity index is 1.61. The lowest BCUT2D eigenvalue weighted by Gasteiger charge is -2.34. The second kappa shape index (κ2) is 5.76. The predicted molar refractivity (Wildman–Crippen MR) is 89.8 cm³/mol. The van der Waals surface area contributed by atoms with Crippen molar-refractivity contribution in [3.05, 3.63) is 16.8 Å². The lowest BCUT2D eigenvalue weighted by molar-refractivity contribution is -0.0259. The average molecular weight is 318 g/mol. The van der Waals surface area contributed by atoms with E-state index in [9.17, 15) is 0 Å². The first-order valence-electron chi connectivity index (χ1n) is 8.04. The quantitative estimate of drug-likeness (QED) is 0.941. The molecule has 118 valence electrons. The summed E-state index contributed by atoms with van der Waals surface area (Å²) in [6.45, 7) is 4.97. The van der Waals surface area contributed by atoms with Gasteiger partial charge in [-0.2, -0.15) is 0 Å². The second-order valence-electron chi connectivity index (χ2n) is 6.36. The van der Waals surface area contributed by atoms with Crippen LogP contribution in [0.1, 0.15) is 23.8 Å². The second-order valence-corrected chi connectivity index (χ2v) is 7.45. The van der Waals surface area contributed by atoms with Gasteiger partial charge < -0.3 is 15.0 Å². The van der Waals surface area contributed by atoms with Crippen LogP contribution in [0, 0.1) is 0 Å². The molecule has 2 aromatic heterocycles. The first kappa shape index (κ1) is 14.4. The number of aromatic nitrogens is 2. The summed E-state index contributed by atoms with van der Waals surface area (Å²) >= 11 is 1.83. The van der Waals surface area contributed by atoms with E-state index in [4.69, 9.17) is 4.74 Å². The highest BCUT2D eigenvalue weighted by molar-refractivity contribution is 7.19. The fourth-order valence-corrected chi connectivity index (χ4v) is 4.69. The number of hydrogen-bond acceptors (Lipinski definition) is 6. The summed E-state index contributed by atoms with van der Waals surface area (Å²) in [5.41, 5.74) is 1.47. The molecule has 5 nitrogen and oxygen atoms in total. The zero-order valence-electron chi connectivity index (χ0n) is 13.1. The number of anilines is 1. The summed E-state index contributed by atoms with van der Waals surface area (Å²) in [5, 5.41) is 4.84. The molecule has 0 amide bonds. The van der Waals surface area contributed by atoms with Crippen molar-refractivity contribution in [1.82, 2.24) is 14.9 Å². The molecule has 2 aliphatic rings. The summed E-state index contributed by atoms with van der Waals surface area (Å²) < 4.78 is 5.92. The number of nitrogens with one attached hydrogen (secondary N) is 1. The third-order valence-electron chi connectivity index (χ3n) is 4.72. The first-order chi connectivity index (χ1) is 10.7. The molecule has 1 fully saturated rings. The number of thiophene rings is 1. The van der Waals surface area contributed by atoms with Crippen LogP contribution in [0.15, 0.2) is 6.33 Å². The maximum absolute atomic E-state index is 5.92. The van der Waals surface area contributed by atoms with E-state index in [0.717, 1.165) is 36.8 Å². The zero-order valence-corrected chi connectivity index (χ0v) is 13.9. The van der Waals surface area contributed by atoms with Gasteiger partial charge in [0.2, 0.25) is 0 Å². The van der Waals surface area contributed by atoms with Gasteiger partial charge in [-0.15, -0.1) is 11.3 Å². The Morgan fingerprint density at radius 3 is 3.18 bits per heavy atom. The van der Waals surface area contributed by atoms with E-state index in [0.29, 0.717) is 0 Å². The van der Waals surface area contributed by atoms with Crippen LogP contribution >= 0.6 is 11.3 Å². The van der Waals surface area contributed by atoms with Crippen LogP contribution in [-0.4, -0.2) is 53.8 Å². The number of rotatable bonds is 3. The molecule has 1 aliphatic heterocycles. The number of morpholine rings is 1. The average Bonchev–Trinajstić information content (AvgIpc) is 3.08. The van der Waals surface area contributed by atoms with Crippen LogP contribution in [0.4, 0.5) is 5.82 Å². The maximum Gasteiger partial charge on any atom is 0.138 e. The zero-order chi connectivity index (χ0) is 15.1. The number of likely N-dealkylation sites (N-methyl/N-ethyl adjacent to an activating group) is 1. The topological polar surface area (TPSA) is 50.3 Å².